The third-order valence-corrected chi connectivity index (χ3v) is 3.98. The summed E-state index contributed by atoms with van der Waals surface area (Å²) in [6.07, 6.45) is 0. The van der Waals surface area contributed by atoms with E-state index in [1.54, 1.807) is 48.5 Å². The average Bonchev–Trinajstić information content (AvgIpc) is 2.74. The van der Waals surface area contributed by atoms with Gasteiger partial charge in [0.1, 0.15) is 17.5 Å². The number of nitrogen functional groups attached to an aromatic ring is 1. The number of nitrogens with two attached hydrogens (primary N) is 1. The molecule has 3 aromatic rings. The van der Waals surface area contributed by atoms with Gasteiger partial charge in [-0.2, -0.15) is 10.2 Å². The quantitative estimate of drug-likeness (QED) is 0.609. The number of nitrogens with one attached hydrogen (secondary N) is 1. The number of aromatic nitrogens is 1. The summed E-state index contributed by atoms with van der Waals surface area (Å²) in [5.41, 5.74) is 7.43. The van der Waals surface area contributed by atoms with E-state index in [1.807, 2.05) is 6.07 Å². The first-order chi connectivity index (χ1) is 14.0. The molecule has 0 fully saturated rings. The molecule has 8 heteroatoms. The molecule has 0 atom stereocenters. The van der Waals surface area contributed by atoms with Crippen LogP contribution in [0.4, 0.5) is 17.2 Å². The van der Waals surface area contributed by atoms with Gasteiger partial charge in [-0.15, -0.1) is 0 Å². The van der Waals surface area contributed by atoms with E-state index in [9.17, 15) is 10.1 Å². The van der Waals surface area contributed by atoms with Gasteiger partial charge in [-0.05, 0) is 36.4 Å². The molecule has 3 rings (SSSR count). The molecule has 8 nitrogen and oxygen atoms in total. The number of pyridine rings is 1. The first-order valence-corrected chi connectivity index (χ1v) is 8.52. The Balaban J connectivity index is 1.91. The fourth-order valence-corrected chi connectivity index (χ4v) is 2.55. The van der Waals surface area contributed by atoms with Crippen molar-refractivity contribution in [2.75, 3.05) is 25.3 Å². The van der Waals surface area contributed by atoms with Crippen LogP contribution in [0.25, 0.3) is 0 Å². The van der Waals surface area contributed by atoms with Crippen molar-refractivity contribution in [2.24, 2.45) is 0 Å². The number of ether oxygens (including phenoxy) is 3. The van der Waals surface area contributed by atoms with Crippen LogP contribution in [0.1, 0.15) is 15.9 Å². The second-order valence-corrected chi connectivity index (χ2v) is 5.84. The lowest BCUT2D eigenvalue weighted by atomic mass is 10.2. The molecule has 0 aliphatic carbocycles. The van der Waals surface area contributed by atoms with Crippen LogP contribution >= 0.6 is 0 Å². The van der Waals surface area contributed by atoms with Crippen LogP contribution in [-0.2, 0) is 4.74 Å². The maximum atomic E-state index is 11.5. The van der Waals surface area contributed by atoms with Crippen LogP contribution in [0.15, 0.2) is 54.6 Å². The number of anilines is 3. The normalized spacial score (nSPS) is 9.97. The lowest BCUT2D eigenvalue weighted by Gasteiger charge is -2.13. The molecule has 1 heterocycles. The zero-order chi connectivity index (χ0) is 20.8. The number of para-hydroxylation sites is 2. The van der Waals surface area contributed by atoms with E-state index in [0.717, 1.165) is 0 Å². The molecule has 0 aliphatic rings. The minimum atomic E-state index is -0.426. The maximum Gasteiger partial charge on any atom is 0.337 e. The summed E-state index contributed by atoms with van der Waals surface area (Å²) in [7, 11) is 2.84. The van der Waals surface area contributed by atoms with E-state index in [4.69, 9.17) is 15.2 Å². The number of methoxy groups -OCH3 is 2. The molecule has 0 amide bonds. The third-order valence-electron chi connectivity index (χ3n) is 3.98. The van der Waals surface area contributed by atoms with Crippen molar-refractivity contribution >= 4 is 23.2 Å². The smallest absolute Gasteiger partial charge is 0.337 e. The van der Waals surface area contributed by atoms with Crippen LogP contribution < -0.4 is 20.5 Å². The van der Waals surface area contributed by atoms with E-state index >= 15 is 0 Å². The van der Waals surface area contributed by atoms with Crippen molar-refractivity contribution in [2.45, 2.75) is 0 Å². The summed E-state index contributed by atoms with van der Waals surface area (Å²) in [6.45, 7) is 0. The Bertz CT molecular complexity index is 1080. The standard InChI is InChI=1S/C21H18N4O4/c1-27-17-5-3-4-6-18(17)29-20-15(12-22)16(23)11-19(25-20)24-14-9-7-13(8-10-14)21(26)28-2/h3-11H,1-2H3,(H3,23,24,25). The predicted octanol–water partition coefficient (Wildman–Crippen LogP) is 3.87. The number of hydrogen-bond donors (Lipinski definition) is 2. The summed E-state index contributed by atoms with van der Waals surface area (Å²) in [6, 6.07) is 17.2. The van der Waals surface area contributed by atoms with Gasteiger partial charge in [0.25, 0.3) is 0 Å². The van der Waals surface area contributed by atoms with E-state index in [0.29, 0.717) is 28.6 Å². The molecule has 0 aliphatic heterocycles. The van der Waals surface area contributed by atoms with Crippen LogP contribution in [0.2, 0.25) is 0 Å². The van der Waals surface area contributed by atoms with Gasteiger partial charge in [0, 0.05) is 11.8 Å². The highest BCUT2D eigenvalue weighted by Crippen LogP contribution is 2.34. The molecule has 1 aromatic heterocycles. The summed E-state index contributed by atoms with van der Waals surface area (Å²) in [5.74, 6) is 0.888. The number of benzene rings is 2. The SMILES string of the molecule is COC(=O)c1ccc(Nc2cc(N)c(C#N)c(Oc3ccccc3OC)n2)cc1. The van der Waals surface area contributed by atoms with Gasteiger partial charge in [0.05, 0.1) is 25.5 Å². The van der Waals surface area contributed by atoms with Crippen molar-refractivity contribution in [3.63, 3.8) is 0 Å². The summed E-state index contributed by atoms with van der Waals surface area (Å²) in [5, 5.41) is 12.5. The van der Waals surface area contributed by atoms with Crippen LogP contribution in [0.3, 0.4) is 0 Å². The van der Waals surface area contributed by atoms with Gasteiger partial charge in [-0.25, -0.2) is 4.79 Å². The summed E-state index contributed by atoms with van der Waals surface area (Å²) in [4.78, 5) is 15.9. The number of carbonyl (C=O) groups is 1. The molecular formula is C21H18N4O4. The predicted molar refractivity (Wildman–Crippen MR) is 107 cm³/mol. The number of carbonyl (C=O) groups excluding carboxylic acids is 1. The van der Waals surface area contributed by atoms with Crippen molar-refractivity contribution in [1.29, 1.82) is 5.26 Å². The average molecular weight is 390 g/mol. The van der Waals surface area contributed by atoms with Gasteiger partial charge >= 0.3 is 5.97 Å². The first kappa shape index (κ1) is 19.5. The largest absolute Gasteiger partial charge is 0.493 e. The second kappa shape index (κ2) is 8.63. The topological polar surface area (TPSA) is 119 Å². The molecule has 2 aromatic carbocycles. The lowest BCUT2D eigenvalue weighted by Crippen LogP contribution is -2.03. The number of nitriles is 1. The fraction of sp³-hybridized carbons (Fsp3) is 0.0952. The van der Waals surface area contributed by atoms with Crippen LogP contribution in [0, 0.1) is 11.3 Å². The number of nitrogens with zero attached hydrogens (tertiary/aromatic N) is 2. The highest BCUT2D eigenvalue weighted by atomic mass is 16.5. The zero-order valence-corrected chi connectivity index (χ0v) is 15.8. The molecule has 0 radical (unpaired) electrons. The molecular weight excluding hydrogens is 372 g/mol. The van der Waals surface area contributed by atoms with Crippen molar-refractivity contribution in [1.82, 2.24) is 4.98 Å². The van der Waals surface area contributed by atoms with Gasteiger partial charge in [0.15, 0.2) is 11.5 Å². The summed E-state index contributed by atoms with van der Waals surface area (Å²) < 4.78 is 15.8. The van der Waals surface area contributed by atoms with E-state index in [-0.39, 0.29) is 17.1 Å². The van der Waals surface area contributed by atoms with E-state index in [1.165, 1.54) is 20.3 Å². The zero-order valence-electron chi connectivity index (χ0n) is 15.8. The Morgan fingerprint density at radius 2 is 1.79 bits per heavy atom. The summed E-state index contributed by atoms with van der Waals surface area (Å²) >= 11 is 0. The van der Waals surface area contributed by atoms with Gasteiger partial charge < -0.3 is 25.3 Å². The third kappa shape index (κ3) is 4.36. The molecule has 0 spiro atoms. The van der Waals surface area contributed by atoms with Gasteiger partial charge in [-0.3, -0.25) is 0 Å². The van der Waals surface area contributed by atoms with Crippen LogP contribution in [0.5, 0.6) is 17.4 Å². The Hall–Kier alpha value is -4.25. The lowest BCUT2D eigenvalue weighted by molar-refractivity contribution is 0.0601. The van der Waals surface area contributed by atoms with Crippen molar-refractivity contribution < 1.29 is 19.0 Å². The fourth-order valence-electron chi connectivity index (χ4n) is 2.55. The molecule has 0 unspecified atom stereocenters. The molecule has 0 bridgehead atoms. The molecule has 29 heavy (non-hydrogen) atoms. The second-order valence-electron chi connectivity index (χ2n) is 5.84. The Kier molecular flexibility index (Phi) is 5.80. The Labute approximate surface area is 167 Å². The Morgan fingerprint density at radius 3 is 2.41 bits per heavy atom. The minimum absolute atomic E-state index is 0.0469. The highest BCUT2D eigenvalue weighted by molar-refractivity contribution is 5.89. The van der Waals surface area contributed by atoms with Gasteiger partial charge in [0.2, 0.25) is 5.88 Å². The maximum absolute atomic E-state index is 11.5. The minimum Gasteiger partial charge on any atom is -0.493 e. The van der Waals surface area contributed by atoms with E-state index < -0.39 is 5.97 Å². The molecule has 146 valence electrons. The number of hydrogen-bond acceptors (Lipinski definition) is 8. The molecule has 3 N–H and O–H groups in total. The van der Waals surface area contributed by atoms with Crippen molar-refractivity contribution in [3.8, 4) is 23.4 Å². The first-order valence-electron chi connectivity index (χ1n) is 8.52. The van der Waals surface area contributed by atoms with Crippen LogP contribution in [-0.4, -0.2) is 25.2 Å². The van der Waals surface area contributed by atoms with Gasteiger partial charge in [-0.1, -0.05) is 12.1 Å². The highest BCUT2D eigenvalue weighted by Gasteiger charge is 2.15. The Morgan fingerprint density at radius 1 is 1.10 bits per heavy atom. The van der Waals surface area contributed by atoms with Crippen molar-refractivity contribution in [3.05, 3.63) is 65.7 Å². The molecule has 0 saturated heterocycles. The number of esters is 1. The monoisotopic (exact) mass is 390 g/mol. The number of rotatable bonds is 6. The molecule has 0 saturated carbocycles. The van der Waals surface area contributed by atoms with E-state index in [2.05, 4.69) is 15.0 Å².